The molecule has 2 N–H and O–H groups in total. The minimum absolute atomic E-state index is 0.453. The number of para-hydroxylation sites is 1. The van der Waals surface area contributed by atoms with Crippen LogP contribution in [0.1, 0.15) is 11.1 Å². The van der Waals surface area contributed by atoms with Crippen molar-refractivity contribution in [2.75, 3.05) is 5.32 Å². The number of hydrogen-bond acceptors (Lipinski definition) is 5. The highest BCUT2D eigenvalue weighted by molar-refractivity contribution is 9.10. The first-order chi connectivity index (χ1) is 14.2. The van der Waals surface area contributed by atoms with Gasteiger partial charge in [0.25, 0.3) is 0 Å². The van der Waals surface area contributed by atoms with Crippen LogP contribution in [0.2, 0.25) is 0 Å². The second-order valence-electron chi connectivity index (χ2n) is 6.41. The lowest BCUT2D eigenvalue weighted by Crippen LogP contribution is -2.12. The molecule has 5 nitrogen and oxygen atoms in total. The van der Waals surface area contributed by atoms with Crippen LogP contribution in [0.3, 0.4) is 0 Å². The van der Waals surface area contributed by atoms with Gasteiger partial charge < -0.3 is 5.32 Å². The van der Waals surface area contributed by atoms with Crippen LogP contribution in [-0.4, -0.2) is 9.97 Å². The predicted molar refractivity (Wildman–Crippen MR) is 120 cm³/mol. The first kappa shape index (κ1) is 19.1. The molecule has 0 saturated heterocycles. The van der Waals surface area contributed by atoms with Crippen LogP contribution in [0.4, 0.5) is 11.5 Å². The van der Waals surface area contributed by atoms with Gasteiger partial charge in [0.2, 0.25) is 0 Å². The summed E-state index contributed by atoms with van der Waals surface area (Å²) in [7, 11) is 0. The van der Waals surface area contributed by atoms with Crippen LogP contribution >= 0.6 is 15.9 Å². The van der Waals surface area contributed by atoms with Gasteiger partial charge in [-0.05, 0) is 45.8 Å². The second kappa shape index (κ2) is 8.86. The van der Waals surface area contributed by atoms with E-state index >= 15 is 0 Å². The van der Waals surface area contributed by atoms with Crippen molar-refractivity contribution in [3.63, 3.8) is 0 Å². The summed E-state index contributed by atoms with van der Waals surface area (Å²) in [5, 5.41) is 4.34. The van der Waals surface area contributed by atoms with Crippen molar-refractivity contribution < 1.29 is 4.84 Å². The lowest BCUT2D eigenvalue weighted by molar-refractivity contribution is 0.0648. The van der Waals surface area contributed by atoms with Crippen molar-refractivity contribution in [1.82, 2.24) is 15.4 Å². The van der Waals surface area contributed by atoms with E-state index in [1.807, 2.05) is 72.8 Å². The molecule has 3 aromatic carbocycles. The van der Waals surface area contributed by atoms with E-state index in [1.54, 1.807) is 6.33 Å². The summed E-state index contributed by atoms with van der Waals surface area (Å²) in [6.45, 7) is 4.53. The SMILES string of the molecule is C=C(NOCc1ccccc1)c1ccc(Br)c(Nc2ncnc3ccccc23)c1. The van der Waals surface area contributed by atoms with Gasteiger partial charge >= 0.3 is 0 Å². The summed E-state index contributed by atoms with van der Waals surface area (Å²) in [4.78, 5) is 14.3. The van der Waals surface area contributed by atoms with E-state index in [4.69, 9.17) is 4.84 Å². The molecule has 0 aliphatic rings. The Kier molecular flexibility index (Phi) is 5.84. The molecule has 0 fully saturated rings. The van der Waals surface area contributed by atoms with Gasteiger partial charge in [0.1, 0.15) is 12.1 Å². The zero-order chi connectivity index (χ0) is 20.1. The van der Waals surface area contributed by atoms with Gasteiger partial charge in [-0.1, -0.05) is 55.1 Å². The Morgan fingerprint density at radius 3 is 2.62 bits per heavy atom. The van der Waals surface area contributed by atoms with Crippen LogP contribution < -0.4 is 10.8 Å². The molecule has 6 heteroatoms. The number of hydrogen-bond donors (Lipinski definition) is 2. The Bertz CT molecular complexity index is 1140. The number of anilines is 2. The Hall–Kier alpha value is -3.22. The Morgan fingerprint density at radius 2 is 1.76 bits per heavy atom. The molecule has 29 heavy (non-hydrogen) atoms. The van der Waals surface area contributed by atoms with Gasteiger partial charge in [0.05, 0.1) is 23.5 Å². The number of nitrogens with zero attached hydrogens (tertiary/aromatic N) is 2. The monoisotopic (exact) mass is 446 g/mol. The maximum absolute atomic E-state index is 5.58. The lowest BCUT2D eigenvalue weighted by Gasteiger charge is -2.14. The van der Waals surface area contributed by atoms with Crippen LogP contribution in [0.25, 0.3) is 16.6 Å². The van der Waals surface area contributed by atoms with Crippen LogP contribution in [0.5, 0.6) is 0 Å². The van der Waals surface area contributed by atoms with Crippen molar-refractivity contribution in [1.29, 1.82) is 0 Å². The zero-order valence-electron chi connectivity index (χ0n) is 15.6. The average Bonchev–Trinajstić information content (AvgIpc) is 2.76. The Labute approximate surface area is 177 Å². The molecule has 0 saturated carbocycles. The van der Waals surface area contributed by atoms with E-state index in [-0.39, 0.29) is 0 Å². The fourth-order valence-electron chi connectivity index (χ4n) is 2.88. The van der Waals surface area contributed by atoms with Crippen molar-refractivity contribution in [3.8, 4) is 0 Å². The fourth-order valence-corrected chi connectivity index (χ4v) is 3.23. The number of hydroxylamine groups is 1. The molecule has 0 atom stereocenters. The van der Waals surface area contributed by atoms with Crippen molar-refractivity contribution >= 4 is 44.0 Å². The van der Waals surface area contributed by atoms with E-state index in [0.717, 1.165) is 38.0 Å². The number of rotatable bonds is 7. The largest absolute Gasteiger partial charge is 0.339 e. The summed E-state index contributed by atoms with van der Waals surface area (Å²) in [5.74, 6) is 0.743. The van der Waals surface area contributed by atoms with Crippen molar-refractivity contribution in [2.24, 2.45) is 0 Å². The predicted octanol–water partition coefficient (Wildman–Crippen LogP) is 5.83. The number of fused-ring (bicyclic) bond motifs is 1. The molecule has 0 radical (unpaired) electrons. The lowest BCUT2D eigenvalue weighted by atomic mass is 10.1. The first-order valence-corrected chi connectivity index (χ1v) is 9.87. The molecular weight excluding hydrogens is 428 g/mol. The third-order valence-corrected chi connectivity index (χ3v) is 5.08. The van der Waals surface area contributed by atoms with Gasteiger partial charge in [-0.25, -0.2) is 9.97 Å². The standard InChI is InChI=1S/C23H19BrN4O/c1-16(28-29-14-17-7-3-2-4-8-17)18-11-12-20(24)22(13-18)27-23-19-9-5-6-10-21(19)25-15-26-23/h2-13,15,28H,1,14H2,(H,25,26,27). The topological polar surface area (TPSA) is 59.1 Å². The highest BCUT2D eigenvalue weighted by Crippen LogP contribution is 2.30. The molecular formula is C23H19BrN4O. The molecule has 0 aliphatic heterocycles. The van der Waals surface area contributed by atoms with Crippen LogP contribution in [0, 0.1) is 0 Å². The maximum Gasteiger partial charge on any atom is 0.141 e. The van der Waals surface area contributed by atoms with Gasteiger partial charge in [-0.3, -0.25) is 10.3 Å². The Balaban J connectivity index is 1.49. The Morgan fingerprint density at radius 1 is 0.966 bits per heavy atom. The van der Waals surface area contributed by atoms with E-state index in [2.05, 4.69) is 43.3 Å². The summed E-state index contributed by atoms with van der Waals surface area (Å²) in [5.41, 5.74) is 7.34. The number of benzene rings is 3. The summed E-state index contributed by atoms with van der Waals surface area (Å²) >= 11 is 3.60. The number of nitrogens with one attached hydrogen (secondary N) is 2. The normalized spacial score (nSPS) is 10.7. The average molecular weight is 447 g/mol. The molecule has 0 unspecified atom stereocenters. The smallest absolute Gasteiger partial charge is 0.141 e. The van der Waals surface area contributed by atoms with E-state index in [1.165, 1.54) is 0 Å². The minimum Gasteiger partial charge on any atom is -0.339 e. The summed E-state index contributed by atoms with van der Waals surface area (Å²) < 4.78 is 0.918. The van der Waals surface area contributed by atoms with Crippen LogP contribution in [0.15, 0.2) is 90.2 Å². The first-order valence-electron chi connectivity index (χ1n) is 9.08. The summed E-state index contributed by atoms with van der Waals surface area (Å²) in [6, 6.07) is 23.8. The quantitative estimate of drug-likeness (QED) is 0.349. The van der Waals surface area contributed by atoms with Gasteiger partial charge in [-0.2, -0.15) is 0 Å². The highest BCUT2D eigenvalue weighted by atomic mass is 79.9. The van der Waals surface area contributed by atoms with E-state index in [0.29, 0.717) is 12.3 Å². The number of halogens is 1. The minimum atomic E-state index is 0.453. The molecule has 4 aromatic rings. The molecule has 0 spiro atoms. The molecule has 1 aromatic heterocycles. The summed E-state index contributed by atoms with van der Waals surface area (Å²) in [6.07, 6.45) is 1.56. The van der Waals surface area contributed by atoms with Gasteiger partial charge in [0, 0.05) is 15.4 Å². The molecule has 0 amide bonds. The second-order valence-corrected chi connectivity index (χ2v) is 7.27. The fraction of sp³-hybridized carbons (Fsp3) is 0.0435. The van der Waals surface area contributed by atoms with Crippen molar-refractivity contribution in [3.05, 3.63) is 101 Å². The highest BCUT2D eigenvalue weighted by Gasteiger charge is 2.08. The molecule has 1 heterocycles. The van der Waals surface area contributed by atoms with E-state index in [9.17, 15) is 0 Å². The third-order valence-electron chi connectivity index (χ3n) is 4.39. The van der Waals surface area contributed by atoms with E-state index < -0.39 is 0 Å². The molecule has 144 valence electrons. The zero-order valence-corrected chi connectivity index (χ0v) is 17.2. The molecule has 0 aliphatic carbocycles. The maximum atomic E-state index is 5.58. The van der Waals surface area contributed by atoms with Crippen LogP contribution in [-0.2, 0) is 11.4 Å². The third kappa shape index (κ3) is 4.62. The van der Waals surface area contributed by atoms with Gasteiger partial charge in [-0.15, -0.1) is 0 Å². The number of aromatic nitrogens is 2. The van der Waals surface area contributed by atoms with Gasteiger partial charge in [0.15, 0.2) is 0 Å². The molecule has 4 rings (SSSR count). The molecule has 0 bridgehead atoms. The van der Waals surface area contributed by atoms with Crippen molar-refractivity contribution in [2.45, 2.75) is 6.61 Å².